The summed E-state index contributed by atoms with van der Waals surface area (Å²) < 4.78 is 0. The summed E-state index contributed by atoms with van der Waals surface area (Å²) >= 11 is 0. The Morgan fingerprint density at radius 2 is 1.15 bits per heavy atom. The van der Waals surface area contributed by atoms with Crippen LogP contribution in [0.5, 0.6) is 0 Å². The van der Waals surface area contributed by atoms with Gasteiger partial charge in [-0.2, -0.15) is 0 Å². The molecule has 2 aromatic rings. The summed E-state index contributed by atoms with van der Waals surface area (Å²) in [6.07, 6.45) is 5.65. The molecular formula is C43H58N8O10. The largest absolute Gasteiger partial charge is 0.480 e. The Labute approximate surface area is 355 Å². The monoisotopic (exact) mass is 846 g/mol. The van der Waals surface area contributed by atoms with Crippen LogP contribution in [0.3, 0.4) is 0 Å². The molecule has 18 heteroatoms. The number of aliphatic carboxylic acids is 1. The van der Waals surface area contributed by atoms with E-state index in [2.05, 4.69) is 37.2 Å². The van der Waals surface area contributed by atoms with Gasteiger partial charge in [0.1, 0.15) is 36.3 Å². The van der Waals surface area contributed by atoms with Crippen LogP contribution in [0.25, 0.3) is 0 Å². The molecule has 0 heterocycles. The Bertz CT molecular complexity index is 1890. The van der Waals surface area contributed by atoms with Crippen molar-refractivity contribution in [3.8, 4) is 0 Å². The van der Waals surface area contributed by atoms with Crippen LogP contribution in [0.1, 0.15) is 70.9 Å². The molecule has 1 saturated carbocycles. The Morgan fingerprint density at radius 3 is 1.67 bits per heavy atom. The van der Waals surface area contributed by atoms with Crippen LogP contribution >= 0.6 is 0 Å². The van der Waals surface area contributed by atoms with E-state index >= 15 is 0 Å². The molecule has 330 valence electrons. The molecule has 10 N–H and O–H groups in total. The first kappa shape index (κ1) is 48.8. The molecule has 0 radical (unpaired) electrons. The van der Waals surface area contributed by atoms with Crippen LogP contribution < -0.4 is 43.0 Å². The summed E-state index contributed by atoms with van der Waals surface area (Å²) in [6.45, 7) is 5.66. The van der Waals surface area contributed by atoms with Gasteiger partial charge in [0.25, 0.3) is 0 Å². The van der Waals surface area contributed by atoms with Gasteiger partial charge in [-0.3, -0.25) is 38.4 Å². The van der Waals surface area contributed by atoms with Gasteiger partial charge in [0.15, 0.2) is 0 Å². The number of rotatable bonds is 22. The average Bonchev–Trinajstić information content (AvgIpc) is 3.23. The third-order valence-corrected chi connectivity index (χ3v) is 10.1. The van der Waals surface area contributed by atoms with Gasteiger partial charge in [-0.15, -0.1) is 0 Å². The van der Waals surface area contributed by atoms with Gasteiger partial charge in [0.05, 0.1) is 6.54 Å². The number of benzene rings is 2. The van der Waals surface area contributed by atoms with Gasteiger partial charge < -0.3 is 48.1 Å². The number of carboxylic acids is 1. The van der Waals surface area contributed by atoms with E-state index in [0.717, 1.165) is 31.4 Å². The second kappa shape index (κ2) is 24.5. The standard InChI is InChI=1S/C43H58N8O10/c1-25(2)36(38(44)55)50-40(57)27(4)47-42(59)37(30-18-12-7-13-19-30)51-41(58)31(22-28-14-8-5-9-15-28)48-34(53)21-20-33(52)46-26(3)39(56)45-24-35(54)49-32(43(60)61)23-29-16-10-6-11-17-29/h5-6,8-11,14-17,20-21,25-27,30-32,36-37H,7,12-13,18-19,22-24H2,1-4H3,(H2,44,55)(H,45,56)(H,46,52)(H,47,59)(H,48,53)(H,49,54)(H,50,57)(H,51,58)(H,60,61)/b21-20+/t26-,27-,31-,32-,36-,37-/m0/s1. The molecule has 61 heavy (non-hydrogen) atoms. The van der Waals surface area contributed by atoms with Crippen molar-refractivity contribution < 1.29 is 48.3 Å². The highest BCUT2D eigenvalue weighted by molar-refractivity contribution is 6.01. The Morgan fingerprint density at radius 1 is 0.623 bits per heavy atom. The molecular weight excluding hydrogens is 789 g/mol. The zero-order valence-corrected chi connectivity index (χ0v) is 34.9. The van der Waals surface area contributed by atoms with Crippen molar-refractivity contribution in [3.63, 3.8) is 0 Å². The molecule has 0 bridgehead atoms. The normalized spacial score (nSPS) is 15.8. The maximum absolute atomic E-state index is 14.0. The first-order valence-corrected chi connectivity index (χ1v) is 20.3. The fourth-order valence-corrected chi connectivity index (χ4v) is 6.71. The van der Waals surface area contributed by atoms with Crippen LogP contribution in [-0.4, -0.2) is 101 Å². The molecule has 0 saturated heterocycles. The van der Waals surface area contributed by atoms with Crippen LogP contribution in [0.15, 0.2) is 72.8 Å². The minimum Gasteiger partial charge on any atom is -0.480 e. The zero-order valence-electron chi connectivity index (χ0n) is 34.9. The molecule has 0 aliphatic heterocycles. The number of amides is 8. The Balaban J connectivity index is 1.63. The van der Waals surface area contributed by atoms with E-state index in [9.17, 15) is 48.3 Å². The van der Waals surface area contributed by atoms with E-state index in [1.54, 1.807) is 74.5 Å². The number of carboxylic acid groups (broad SMARTS) is 1. The van der Waals surface area contributed by atoms with Crippen molar-refractivity contribution in [3.05, 3.63) is 83.9 Å². The summed E-state index contributed by atoms with van der Waals surface area (Å²) in [5.74, 6) is -7.66. The molecule has 1 aliphatic rings. The zero-order chi connectivity index (χ0) is 45.1. The number of hydrogen-bond acceptors (Lipinski definition) is 9. The average molecular weight is 847 g/mol. The number of hydrogen-bond donors (Lipinski definition) is 9. The molecule has 0 unspecified atom stereocenters. The molecule has 18 nitrogen and oxygen atoms in total. The number of carbonyl (C=O) groups excluding carboxylic acids is 8. The molecule has 6 atom stereocenters. The minimum atomic E-state index is -1.25. The van der Waals surface area contributed by atoms with E-state index in [0.29, 0.717) is 24.0 Å². The summed E-state index contributed by atoms with van der Waals surface area (Å²) in [7, 11) is 0. The number of nitrogens with two attached hydrogens (primary N) is 1. The molecule has 1 aliphatic carbocycles. The van der Waals surface area contributed by atoms with Gasteiger partial charge in [0, 0.05) is 25.0 Å². The fraction of sp³-hybridized carbons (Fsp3) is 0.465. The van der Waals surface area contributed by atoms with E-state index < -0.39 is 96.0 Å². The molecule has 1 fully saturated rings. The van der Waals surface area contributed by atoms with E-state index in [1.807, 2.05) is 0 Å². The summed E-state index contributed by atoms with van der Waals surface area (Å²) in [4.78, 5) is 115. The highest BCUT2D eigenvalue weighted by Crippen LogP contribution is 2.27. The number of nitrogens with one attached hydrogen (secondary N) is 7. The molecule has 8 amide bonds. The summed E-state index contributed by atoms with van der Waals surface area (Å²) in [5, 5.41) is 27.2. The Kier molecular flexibility index (Phi) is 19.6. The van der Waals surface area contributed by atoms with Crippen LogP contribution in [0.2, 0.25) is 0 Å². The lowest BCUT2D eigenvalue weighted by Crippen LogP contribution is -2.60. The van der Waals surface area contributed by atoms with E-state index in [1.165, 1.54) is 13.8 Å². The van der Waals surface area contributed by atoms with Gasteiger partial charge in [-0.05, 0) is 49.7 Å². The van der Waals surface area contributed by atoms with Gasteiger partial charge in [-0.1, -0.05) is 93.8 Å². The number of carbonyl (C=O) groups is 9. The second-order valence-electron chi connectivity index (χ2n) is 15.4. The van der Waals surface area contributed by atoms with E-state index in [-0.39, 0.29) is 24.7 Å². The van der Waals surface area contributed by atoms with Gasteiger partial charge in [-0.25, -0.2) is 4.79 Å². The maximum atomic E-state index is 14.0. The summed E-state index contributed by atoms with van der Waals surface area (Å²) in [6, 6.07) is 10.8. The van der Waals surface area contributed by atoms with Crippen molar-refractivity contribution in [1.29, 1.82) is 0 Å². The van der Waals surface area contributed by atoms with Crippen molar-refractivity contribution in [2.75, 3.05) is 6.54 Å². The lowest BCUT2D eigenvalue weighted by atomic mass is 9.83. The smallest absolute Gasteiger partial charge is 0.326 e. The lowest BCUT2D eigenvalue weighted by Gasteiger charge is -2.32. The predicted molar refractivity (Wildman–Crippen MR) is 224 cm³/mol. The highest BCUT2D eigenvalue weighted by atomic mass is 16.4. The van der Waals surface area contributed by atoms with Crippen LogP contribution in [0, 0.1) is 11.8 Å². The van der Waals surface area contributed by atoms with Crippen molar-refractivity contribution in [2.45, 2.75) is 109 Å². The van der Waals surface area contributed by atoms with Gasteiger partial charge in [0.2, 0.25) is 47.3 Å². The van der Waals surface area contributed by atoms with Crippen molar-refractivity contribution >= 4 is 53.2 Å². The van der Waals surface area contributed by atoms with Crippen LogP contribution in [-0.2, 0) is 56.0 Å². The third kappa shape index (κ3) is 16.9. The first-order valence-electron chi connectivity index (χ1n) is 20.3. The third-order valence-electron chi connectivity index (χ3n) is 10.1. The Hall–Kier alpha value is -6.59. The molecule has 2 aromatic carbocycles. The van der Waals surface area contributed by atoms with Crippen molar-refractivity contribution in [2.24, 2.45) is 17.6 Å². The van der Waals surface area contributed by atoms with Crippen LogP contribution in [0.4, 0.5) is 0 Å². The summed E-state index contributed by atoms with van der Waals surface area (Å²) in [5.41, 5.74) is 6.82. The highest BCUT2D eigenvalue weighted by Gasteiger charge is 2.35. The first-order chi connectivity index (χ1) is 28.9. The quantitative estimate of drug-likeness (QED) is 0.0710. The van der Waals surface area contributed by atoms with E-state index in [4.69, 9.17) is 5.73 Å². The molecule has 0 aromatic heterocycles. The molecule has 3 rings (SSSR count). The lowest BCUT2D eigenvalue weighted by molar-refractivity contribution is -0.141. The predicted octanol–water partition coefficient (Wildman–Crippen LogP) is -0.101. The van der Waals surface area contributed by atoms with Gasteiger partial charge >= 0.3 is 5.97 Å². The number of primary amides is 1. The fourth-order valence-electron chi connectivity index (χ4n) is 6.71. The SMILES string of the molecule is CC(C)[C@H](NC(=O)[C@H](C)NC(=O)[C@@H](NC(=O)[C@H](Cc1ccccc1)NC(=O)/C=C/C(=O)N[C@@H](C)C(=O)NCC(=O)N[C@@H](Cc1ccccc1)C(=O)O)C1CCCCC1)C(N)=O. The maximum Gasteiger partial charge on any atom is 0.326 e. The van der Waals surface area contributed by atoms with Crippen molar-refractivity contribution in [1.82, 2.24) is 37.2 Å². The topological polar surface area (TPSA) is 284 Å². The second-order valence-corrected chi connectivity index (χ2v) is 15.4. The minimum absolute atomic E-state index is 0.0181. The molecule has 0 spiro atoms.